The molecule has 0 aromatic heterocycles. The number of hydrogen-bond donors (Lipinski definition) is 3. The monoisotopic (exact) mass is 417 g/mol. The van der Waals surface area contributed by atoms with E-state index in [0.29, 0.717) is 24.3 Å². The maximum Gasteiger partial charge on any atom is 0.338 e. The molecule has 1 saturated heterocycles. The van der Waals surface area contributed by atoms with Crippen LogP contribution < -0.4 is 16.2 Å². The van der Waals surface area contributed by atoms with Crippen LogP contribution in [-0.4, -0.2) is 24.5 Å². The number of hydrazine groups is 1. The Morgan fingerprint density at radius 1 is 1.19 bits per heavy atom. The number of carbonyl (C=O) groups excluding carboxylic acids is 2. The van der Waals surface area contributed by atoms with Crippen LogP contribution in [0.15, 0.2) is 53.0 Å². The van der Waals surface area contributed by atoms with Crippen LogP contribution in [0, 0.1) is 0 Å². The van der Waals surface area contributed by atoms with E-state index in [1.807, 2.05) is 24.3 Å². The lowest BCUT2D eigenvalue weighted by Gasteiger charge is -2.11. The van der Waals surface area contributed by atoms with Crippen LogP contribution in [0.2, 0.25) is 0 Å². The predicted octanol–water partition coefficient (Wildman–Crippen LogP) is 3.17. The fourth-order valence-corrected chi connectivity index (χ4v) is 3.07. The summed E-state index contributed by atoms with van der Waals surface area (Å²) in [6.45, 7) is 2.06. The van der Waals surface area contributed by atoms with Gasteiger partial charge in [-0.3, -0.25) is 4.79 Å². The van der Waals surface area contributed by atoms with Crippen molar-refractivity contribution < 1.29 is 14.3 Å². The van der Waals surface area contributed by atoms with E-state index in [9.17, 15) is 9.59 Å². The lowest BCUT2D eigenvalue weighted by Crippen LogP contribution is -2.39. The maximum atomic E-state index is 12.5. The fourth-order valence-electron chi connectivity index (χ4n) is 2.81. The first kappa shape index (κ1) is 18.6. The zero-order valence-corrected chi connectivity index (χ0v) is 15.9. The van der Waals surface area contributed by atoms with E-state index in [2.05, 4.69) is 32.1 Å². The molecule has 0 saturated carbocycles. The highest BCUT2D eigenvalue weighted by Gasteiger charge is 2.30. The molecule has 0 spiro atoms. The fraction of sp³-hybridized carbons (Fsp3) is 0.263. The normalized spacial score (nSPS) is 19.2. The summed E-state index contributed by atoms with van der Waals surface area (Å²) in [5, 5.41) is 2.85. The number of ether oxygens (including phenoxy) is 1. The minimum Gasteiger partial charge on any atom is -0.462 e. The Labute approximate surface area is 160 Å². The quantitative estimate of drug-likeness (QED) is 0.651. The molecule has 136 valence electrons. The number of carbonyl (C=O) groups is 2. The molecule has 7 heteroatoms. The van der Waals surface area contributed by atoms with Crippen molar-refractivity contribution >= 4 is 33.5 Å². The topological polar surface area (TPSA) is 79.5 Å². The highest BCUT2D eigenvalue weighted by atomic mass is 79.9. The summed E-state index contributed by atoms with van der Waals surface area (Å²) in [5.41, 5.74) is 8.27. The number of nitrogens with one attached hydrogen (secondary N) is 3. The van der Waals surface area contributed by atoms with E-state index in [1.54, 1.807) is 31.2 Å². The molecule has 0 aliphatic carbocycles. The molecule has 2 atom stereocenters. The number of anilines is 1. The van der Waals surface area contributed by atoms with Crippen LogP contribution >= 0.6 is 15.9 Å². The molecular weight excluding hydrogens is 398 g/mol. The van der Waals surface area contributed by atoms with Crippen LogP contribution in [-0.2, 0) is 9.53 Å². The number of hydrogen-bond acceptors (Lipinski definition) is 5. The standard InChI is InChI=1S/C19H20BrN3O3/c1-2-26-19(25)13-4-3-5-15(10-13)21-18(24)17-11-16(22-23-17)12-6-8-14(20)9-7-12/h3-10,16-17,22-23H,2,11H2,1H3,(H,21,24). The molecule has 6 nitrogen and oxygen atoms in total. The molecule has 0 radical (unpaired) electrons. The molecule has 1 fully saturated rings. The number of halogens is 1. The van der Waals surface area contributed by atoms with Gasteiger partial charge in [-0.05, 0) is 49.2 Å². The first-order valence-electron chi connectivity index (χ1n) is 8.41. The predicted molar refractivity (Wildman–Crippen MR) is 103 cm³/mol. The van der Waals surface area contributed by atoms with Gasteiger partial charge < -0.3 is 10.1 Å². The Hall–Kier alpha value is -2.22. The van der Waals surface area contributed by atoms with Gasteiger partial charge in [-0.25, -0.2) is 15.6 Å². The minimum absolute atomic E-state index is 0.0599. The second-order valence-electron chi connectivity index (χ2n) is 5.97. The Kier molecular flexibility index (Phi) is 6.03. The van der Waals surface area contributed by atoms with Gasteiger partial charge in [0, 0.05) is 16.2 Å². The summed E-state index contributed by atoms with van der Waals surface area (Å²) >= 11 is 3.42. The van der Waals surface area contributed by atoms with Crippen molar-refractivity contribution in [2.45, 2.75) is 25.4 Å². The van der Waals surface area contributed by atoms with Gasteiger partial charge in [-0.1, -0.05) is 34.1 Å². The van der Waals surface area contributed by atoms with Crippen molar-refractivity contribution in [3.8, 4) is 0 Å². The Morgan fingerprint density at radius 3 is 2.69 bits per heavy atom. The number of benzene rings is 2. The van der Waals surface area contributed by atoms with E-state index >= 15 is 0 Å². The smallest absolute Gasteiger partial charge is 0.338 e. The van der Waals surface area contributed by atoms with E-state index in [4.69, 9.17) is 4.74 Å². The van der Waals surface area contributed by atoms with Gasteiger partial charge in [-0.2, -0.15) is 0 Å². The Balaban J connectivity index is 1.61. The first-order valence-corrected chi connectivity index (χ1v) is 9.20. The summed E-state index contributed by atoms with van der Waals surface area (Å²) < 4.78 is 6.00. The Bertz CT molecular complexity index is 795. The molecule has 2 aromatic rings. The van der Waals surface area contributed by atoms with Crippen LogP contribution in [0.3, 0.4) is 0 Å². The largest absolute Gasteiger partial charge is 0.462 e. The van der Waals surface area contributed by atoms with Gasteiger partial charge in [0.1, 0.15) is 6.04 Å². The molecule has 3 N–H and O–H groups in total. The SMILES string of the molecule is CCOC(=O)c1cccc(NC(=O)C2CC(c3ccc(Br)cc3)NN2)c1. The van der Waals surface area contributed by atoms with Crippen molar-refractivity contribution in [2.24, 2.45) is 0 Å². The van der Waals surface area contributed by atoms with E-state index in [0.717, 1.165) is 10.0 Å². The molecule has 2 aromatic carbocycles. The molecule has 1 aliphatic heterocycles. The average molecular weight is 418 g/mol. The van der Waals surface area contributed by atoms with Gasteiger partial charge in [0.05, 0.1) is 12.2 Å². The van der Waals surface area contributed by atoms with Gasteiger partial charge in [0.15, 0.2) is 0 Å². The van der Waals surface area contributed by atoms with Crippen molar-refractivity contribution in [2.75, 3.05) is 11.9 Å². The lowest BCUT2D eigenvalue weighted by molar-refractivity contribution is -0.117. The molecule has 1 amide bonds. The van der Waals surface area contributed by atoms with Crippen molar-refractivity contribution in [1.29, 1.82) is 0 Å². The van der Waals surface area contributed by atoms with E-state index < -0.39 is 5.97 Å². The van der Waals surface area contributed by atoms with Gasteiger partial charge >= 0.3 is 5.97 Å². The van der Waals surface area contributed by atoms with E-state index in [-0.39, 0.29) is 18.0 Å². The van der Waals surface area contributed by atoms with Crippen molar-refractivity contribution in [3.05, 3.63) is 64.1 Å². The molecule has 1 heterocycles. The third-order valence-corrected chi connectivity index (χ3v) is 4.66. The van der Waals surface area contributed by atoms with Gasteiger partial charge in [0.25, 0.3) is 0 Å². The third kappa shape index (κ3) is 4.49. The van der Waals surface area contributed by atoms with Gasteiger partial charge in [-0.15, -0.1) is 0 Å². The van der Waals surface area contributed by atoms with Crippen LogP contribution in [0.25, 0.3) is 0 Å². The zero-order chi connectivity index (χ0) is 18.5. The second kappa shape index (κ2) is 8.44. The summed E-state index contributed by atoms with van der Waals surface area (Å²) in [5.74, 6) is -0.558. The second-order valence-corrected chi connectivity index (χ2v) is 6.89. The third-order valence-electron chi connectivity index (χ3n) is 4.13. The maximum absolute atomic E-state index is 12.5. The Morgan fingerprint density at radius 2 is 1.96 bits per heavy atom. The molecular formula is C19H20BrN3O3. The molecule has 1 aliphatic rings. The molecule has 2 unspecified atom stereocenters. The van der Waals surface area contributed by atoms with Crippen molar-refractivity contribution in [1.82, 2.24) is 10.9 Å². The lowest BCUT2D eigenvalue weighted by atomic mass is 10.0. The minimum atomic E-state index is -0.403. The van der Waals surface area contributed by atoms with Gasteiger partial charge in [0.2, 0.25) is 5.91 Å². The summed E-state index contributed by atoms with van der Waals surface area (Å²) in [6.07, 6.45) is 0.630. The van der Waals surface area contributed by atoms with Crippen LogP contribution in [0.4, 0.5) is 5.69 Å². The molecule has 0 bridgehead atoms. The molecule has 3 rings (SSSR count). The average Bonchev–Trinajstić information content (AvgIpc) is 3.13. The number of amides is 1. The summed E-state index contributed by atoms with van der Waals surface area (Å²) in [7, 11) is 0. The number of rotatable bonds is 5. The summed E-state index contributed by atoms with van der Waals surface area (Å²) in [4.78, 5) is 24.3. The van der Waals surface area contributed by atoms with Crippen molar-refractivity contribution in [3.63, 3.8) is 0 Å². The summed E-state index contributed by atoms with van der Waals surface area (Å²) in [6, 6.07) is 14.4. The molecule has 26 heavy (non-hydrogen) atoms. The highest BCUT2D eigenvalue weighted by Crippen LogP contribution is 2.24. The zero-order valence-electron chi connectivity index (χ0n) is 14.3. The first-order chi connectivity index (χ1) is 12.6. The van der Waals surface area contributed by atoms with Crippen LogP contribution in [0.5, 0.6) is 0 Å². The van der Waals surface area contributed by atoms with Crippen LogP contribution in [0.1, 0.15) is 35.3 Å². The highest BCUT2D eigenvalue weighted by molar-refractivity contribution is 9.10. The van der Waals surface area contributed by atoms with E-state index in [1.165, 1.54) is 0 Å². The number of esters is 1.